The first-order chi connectivity index (χ1) is 17.3. The SMILES string of the molecule is CC(C)(O)Cn1cc(C(=O)N[C@@H]2C[C@H](Nc3cc(C(F)(F)F)nc4ccc(Cl)cc34)CC3CC32)c(Cl)n1. The maximum absolute atomic E-state index is 13.5. The van der Waals surface area contributed by atoms with E-state index in [4.69, 9.17) is 23.2 Å². The largest absolute Gasteiger partial charge is 0.433 e. The zero-order valence-electron chi connectivity index (χ0n) is 20.1. The van der Waals surface area contributed by atoms with E-state index in [-0.39, 0.29) is 40.8 Å². The minimum atomic E-state index is -4.59. The third kappa shape index (κ3) is 5.81. The van der Waals surface area contributed by atoms with E-state index in [0.29, 0.717) is 34.4 Å². The van der Waals surface area contributed by atoms with Gasteiger partial charge in [-0.15, -0.1) is 0 Å². The van der Waals surface area contributed by atoms with Crippen molar-refractivity contribution < 1.29 is 23.1 Å². The Morgan fingerprint density at radius 2 is 1.95 bits per heavy atom. The van der Waals surface area contributed by atoms with E-state index in [1.54, 1.807) is 19.9 Å². The molecular formula is C25H26Cl2F3N5O2. The number of carbonyl (C=O) groups is 1. The lowest BCUT2D eigenvalue weighted by atomic mass is 9.90. The van der Waals surface area contributed by atoms with Gasteiger partial charge in [-0.3, -0.25) is 9.48 Å². The van der Waals surface area contributed by atoms with E-state index in [1.165, 1.54) is 23.0 Å². The average Bonchev–Trinajstić information content (AvgIpc) is 3.47. The fourth-order valence-corrected chi connectivity index (χ4v) is 5.62. The van der Waals surface area contributed by atoms with Gasteiger partial charge in [0.1, 0.15) is 5.69 Å². The van der Waals surface area contributed by atoms with Crippen LogP contribution in [0.3, 0.4) is 0 Å². The second kappa shape index (κ2) is 9.32. The minimum Gasteiger partial charge on any atom is -0.389 e. The van der Waals surface area contributed by atoms with E-state index in [9.17, 15) is 23.1 Å². The molecule has 1 aromatic carbocycles. The van der Waals surface area contributed by atoms with Crippen LogP contribution in [0.5, 0.6) is 0 Å². The van der Waals surface area contributed by atoms with Gasteiger partial charge in [0, 0.05) is 34.4 Å². The second-order valence-electron chi connectivity index (χ2n) is 10.6. The Morgan fingerprint density at radius 1 is 1.19 bits per heavy atom. The lowest BCUT2D eigenvalue weighted by Crippen LogP contribution is -2.43. The lowest BCUT2D eigenvalue weighted by molar-refractivity contribution is -0.140. The Balaban J connectivity index is 1.34. The fourth-order valence-electron chi connectivity index (χ4n) is 5.22. The van der Waals surface area contributed by atoms with Crippen molar-refractivity contribution in [3.8, 4) is 0 Å². The summed E-state index contributed by atoms with van der Waals surface area (Å²) in [5, 5.41) is 21.4. The topological polar surface area (TPSA) is 92.1 Å². The molecule has 2 aromatic heterocycles. The molecule has 2 unspecified atom stereocenters. The van der Waals surface area contributed by atoms with Crippen LogP contribution in [0.25, 0.3) is 10.9 Å². The number of hydrogen-bond acceptors (Lipinski definition) is 5. The number of anilines is 1. The maximum Gasteiger partial charge on any atom is 0.433 e. The Morgan fingerprint density at radius 3 is 2.65 bits per heavy atom. The summed E-state index contributed by atoms with van der Waals surface area (Å²) in [5.74, 6) is 0.300. The summed E-state index contributed by atoms with van der Waals surface area (Å²) in [6.45, 7) is 3.43. The van der Waals surface area contributed by atoms with Gasteiger partial charge in [0.15, 0.2) is 5.15 Å². The van der Waals surface area contributed by atoms with Crippen LogP contribution in [0.15, 0.2) is 30.5 Å². The van der Waals surface area contributed by atoms with E-state index < -0.39 is 17.5 Å². The quantitative estimate of drug-likeness (QED) is 0.371. The number of hydrogen-bond donors (Lipinski definition) is 3. The predicted molar refractivity (Wildman–Crippen MR) is 135 cm³/mol. The van der Waals surface area contributed by atoms with Gasteiger partial charge in [0.05, 0.1) is 23.2 Å². The molecule has 2 aliphatic rings. The number of rotatable bonds is 6. The van der Waals surface area contributed by atoms with Crippen molar-refractivity contribution in [3.63, 3.8) is 0 Å². The number of fused-ring (bicyclic) bond motifs is 2. The number of pyridine rings is 1. The zero-order valence-corrected chi connectivity index (χ0v) is 21.6. The predicted octanol–water partition coefficient (Wildman–Crippen LogP) is 5.54. The van der Waals surface area contributed by atoms with Crippen LogP contribution < -0.4 is 10.6 Å². The van der Waals surface area contributed by atoms with Crippen LogP contribution >= 0.6 is 23.2 Å². The van der Waals surface area contributed by atoms with Crippen molar-refractivity contribution in [2.75, 3.05) is 5.32 Å². The highest BCUT2D eigenvalue weighted by molar-refractivity contribution is 6.32. The van der Waals surface area contributed by atoms with Crippen molar-refractivity contribution in [2.45, 2.75) is 63.5 Å². The number of amides is 1. The molecule has 1 amide bonds. The zero-order chi connectivity index (χ0) is 26.7. The van der Waals surface area contributed by atoms with Gasteiger partial charge in [-0.2, -0.15) is 18.3 Å². The Kier molecular flexibility index (Phi) is 6.57. The summed E-state index contributed by atoms with van der Waals surface area (Å²) in [6.07, 6.45) is -0.833. The number of aliphatic hydroxyl groups is 1. The third-order valence-electron chi connectivity index (χ3n) is 6.87. The van der Waals surface area contributed by atoms with Gasteiger partial charge in [-0.1, -0.05) is 23.2 Å². The van der Waals surface area contributed by atoms with Crippen LogP contribution in [-0.2, 0) is 12.7 Å². The first kappa shape index (κ1) is 26.1. The van der Waals surface area contributed by atoms with E-state index >= 15 is 0 Å². The highest BCUT2D eigenvalue weighted by atomic mass is 35.5. The van der Waals surface area contributed by atoms with Crippen molar-refractivity contribution in [2.24, 2.45) is 11.8 Å². The Labute approximate surface area is 221 Å². The molecule has 2 saturated carbocycles. The van der Waals surface area contributed by atoms with Crippen LogP contribution in [-0.4, -0.2) is 43.5 Å². The summed E-state index contributed by atoms with van der Waals surface area (Å²) in [4.78, 5) is 16.8. The minimum absolute atomic E-state index is 0.0411. The van der Waals surface area contributed by atoms with Crippen molar-refractivity contribution in [1.29, 1.82) is 0 Å². The molecule has 3 N–H and O–H groups in total. The number of nitrogens with one attached hydrogen (secondary N) is 2. The summed E-state index contributed by atoms with van der Waals surface area (Å²) in [5.41, 5.74) is -1.29. The third-order valence-corrected chi connectivity index (χ3v) is 7.38. The molecule has 0 bridgehead atoms. The average molecular weight is 556 g/mol. The summed E-state index contributed by atoms with van der Waals surface area (Å²) < 4.78 is 42.0. The molecule has 2 aliphatic carbocycles. The second-order valence-corrected chi connectivity index (χ2v) is 11.4. The van der Waals surface area contributed by atoms with E-state index in [1.807, 2.05) is 0 Å². The molecule has 5 rings (SSSR count). The molecule has 0 saturated heterocycles. The fraction of sp³-hybridized carbons (Fsp3) is 0.480. The smallest absolute Gasteiger partial charge is 0.389 e. The first-order valence-electron chi connectivity index (χ1n) is 12.0. The van der Waals surface area contributed by atoms with Gasteiger partial charge in [0.25, 0.3) is 5.91 Å². The molecular weight excluding hydrogens is 530 g/mol. The lowest BCUT2D eigenvalue weighted by Gasteiger charge is -2.31. The van der Waals surface area contributed by atoms with Gasteiger partial charge in [0.2, 0.25) is 0 Å². The first-order valence-corrected chi connectivity index (χ1v) is 12.7. The van der Waals surface area contributed by atoms with Crippen molar-refractivity contribution >= 4 is 45.7 Å². The van der Waals surface area contributed by atoms with Crippen LogP contribution in [0, 0.1) is 11.8 Å². The maximum atomic E-state index is 13.5. The van der Waals surface area contributed by atoms with E-state index in [2.05, 4.69) is 20.7 Å². The molecule has 12 heteroatoms. The summed E-state index contributed by atoms with van der Waals surface area (Å²) in [6, 6.07) is 5.27. The molecule has 2 heterocycles. The van der Waals surface area contributed by atoms with Crippen LogP contribution in [0.2, 0.25) is 10.2 Å². The molecule has 0 aliphatic heterocycles. The van der Waals surface area contributed by atoms with Crippen molar-refractivity contribution in [1.82, 2.24) is 20.1 Å². The molecule has 4 atom stereocenters. The van der Waals surface area contributed by atoms with Crippen LogP contribution in [0.4, 0.5) is 18.9 Å². The molecule has 37 heavy (non-hydrogen) atoms. The number of alkyl halides is 3. The molecule has 7 nitrogen and oxygen atoms in total. The molecule has 3 aromatic rings. The normalized spacial score (nSPS) is 23.6. The number of nitrogens with zero attached hydrogens (tertiary/aromatic N) is 3. The Bertz CT molecular complexity index is 1350. The van der Waals surface area contributed by atoms with Crippen molar-refractivity contribution in [3.05, 3.63) is 51.9 Å². The molecule has 2 fully saturated rings. The molecule has 0 radical (unpaired) electrons. The Hall–Kier alpha value is -2.56. The summed E-state index contributed by atoms with van der Waals surface area (Å²) in [7, 11) is 0. The van der Waals surface area contributed by atoms with Gasteiger partial charge in [-0.05, 0) is 69.2 Å². The van der Waals surface area contributed by atoms with Gasteiger partial charge in [-0.25, -0.2) is 4.98 Å². The highest BCUT2D eigenvalue weighted by Gasteiger charge is 2.49. The van der Waals surface area contributed by atoms with E-state index in [0.717, 1.165) is 18.9 Å². The van der Waals surface area contributed by atoms with Gasteiger partial charge < -0.3 is 15.7 Å². The van der Waals surface area contributed by atoms with Crippen LogP contribution in [0.1, 0.15) is 49.2 Å². The number of benzene rings is 1. The summed E-state index contributed by atoms with van der Waals surface area (Å²) >= 11 is 12.3. The molecule has 0 spiro atoms. The number of aromatic nitrogens is 3. The number of halogens is 5. The van der Waals surface area contributed by atoms with Gasteiger partial charge >= 0.3 is 6.18 Å². The number of carbonyl (C=O) groups excluding carboxylic acids is 1. The highest BCUT2D eigenvalue weighted by Crippen LogP contribution is 2.50. The standard InChI is InChI=1S/C25H26Cl2F3N5O2/c1-24(2,37)11-35-10-17(22(27)34-35)23(36)33-19-8-14(5-12-6-15(12)19)31-20-9-21(25(28,29)30)32-18-4-3-13(26)7-16(18)20/h3-4,7,9-10,12,14-15,19,37H,5-6,8,11H2,1-2H3,(H,31,32)(H,33,36)/t12?,14-,15?,19-/m1/s1. The molecule has 198 valence electrons. The monoisotopic (exact) mass is 555 g/mol.